The Morgan fingerprint density at radius 2 is 2.18 bits per heavy atom. The summed E-state index contributed by atoms with van der Waals surface area (Å²) in [5.41, 5.74) is 2.08. The van der Waals surface area contributed by atoms with Crippen molar-refractivity contribution in [3.63, 3.8) is 0 Å². The van der Waals surface area contributed by atoms with Gasteiger partial charge in [-0.15, -0.1) is 0 Å². The lowest BCUT2D eigenvalue weighted by atomic mass is 10.0. The van der Waals surface area contributed by atoms with Gasteiger partial charge in [-0.25, -0.2) is 0 Å². The monoisotopic (exact) mass is 251 g/mol. The molecular formula is C13H14ClNO2. The first-order valence-electron chi connectivity index (χ1n) is 5.29. The highest BCUT2D eigenvalue weighted by Gasteiger charge is 2.17. The van der Waals surface area contributed by atoms with Crippen molar-refractivity contribution in [1.82, 2.24) is 5.32 Å². The van der Waals surface area contributed by atoms with Gasteiger partial charge in [-0.05, 0) is 25.2 Å². The first kappa shape index (κ1) is 12.0. The number of halogens is 1. The minimum Gasteiger partial charge on any atom is -0.496 e. The molecule has 17 heavy (non-hydrogen) atoms. The zero-order chi connectivity index (χ0) is 12.3. The molecule has 1 heterocycles. The van der Waals surface area contributed by atoms with Gasteiger partial charge in [-0.1, -0.05) is 17.7 Å². The summed E-state index contributed by atoms with van der Waals surface area (Å²) in [6.45, 7) is 0. The van der Waals surface area contributed by atoms with E-state index < -0.39 is 0 Å². The Bertz CT molecular complexity index is 482. The van der Waals surface area contributed by atoms with E-state index in [1.54, 1.807) is 25.7 Å². The van der Waals surface area contributed by atoms with Gasteiger partial charge in [-0.2, -0.15) is 0 Å². The molecule has 0 radical (unpaired) electrons. The molecule has 90 valence electrons. The summed E-state index contributed by atoms with van der Waals surface area (Å²) in [4.78, 5) is 0. The molecular weight excluding hydrogens is 238 g/mol. The van der Waals surface area contributed by atoms with Gasteiger partial charge in [0.2, 0.25) is 0 Å². The van der Waals surface area contributed by atoms with Gasteiger partial charge < -0.3 is 14.5 Å². The number of benzene rings is 1. The molecule has 4 heteroatoms. The second-order valence-electron chi connectivity index (χ2n) is 3.66. The standard InChI is InChI=1S/C13H14ClNO2/c1-15-13(9-5-6-17-8-9)11-4-3-10(14)7-12(11)16-2/h3-8,13,15H,1-2H3. The molecule has 0 bridgehead atoms. The van der Waals surface area contributed by atoms with Crippen LogP contribution < -0.4 is 10.1 Å². The smallest absolute Gasteiger partial charge is 0.125 e. The van der Waals surface area contributed by atoms with Crippen molar-refractivity contribution in [1.29, 1.82) is 0 Å². The summed E-state index contributed by atoms with van der Waals surface area (Å²) in [5.74, 6) is 0.762. The number of methoxy groups -OCH3 is 1. The van der Waals surface area contributed by atoms with Crippen LogP contribution in [0.15, 0.2) is 41.2 Å². The highest BCUT2D eigenvalue weighted by atomic mass is 35.5. The molecule has 0 saturated carbocycles. The van der Waals surface area contributed by atoms with Gasteiger partial charge in [0, 0.05) is 16.1 Å². The summed E-state index contributed by atoms with van der Waals surface area (Å²) >= 11 is 5.95. The van der Waals surface area contributed by atoms with Crippen LogP contribution in [0, 0.1) is 0 Å². The fourth-order valence-electron chi connectivity index (χ4n) is 1.86. The maximum atomic E-state index is 5.95. The highest BCUT2D eigenvalue weighted by molar-refractivity contribution is 6.30. The van der Waals surface area contributed by atoms with E-state index in [4.69, 9.17) is 20.8 Å². The molecule has 1 aromatic carbocycles. The minimum absolute atomic E-state index is 0.0287. The molecule has 1 atom stereocenters. The van der Waals surface area contributed by atoms with Crippen LogP contribution in [0.25, 0.3) is 0 Å². The summed E-state index contributed by atoms with van der Waals surface area (Å²) in [6, 6.07) is 7.57. The average Bonchev–Trinajstić information content (AvgIpc) is 2.85. The van der Waals surface area contributed by atoms with E-state index in [1.807, 2.05) is 25.2 Å². The fourth-order valence-corrected chi connectivity index (χ4v) is 2.03. The van der Waals surface area contributed by atoms with E-state index in [0.29, 0.717) is 5.02 Å². The van der Waals surface area contributed by atoms with Crippen LogP contribution in [0.1, 0.15) is 17.2 Å². The molecule has 1 N–H and O–H groups in total. The number of furan rings is 1. The van der Waals surface area contributed by atoms with Crippen molar-refractivity contribution in [2.24, 2.45) is 0 Å². The minimum atomic E-state index is 0.0287. The third-order valence-corrected chi connectivity index (χ3v) is 2.91. The lowest BCUT2D eigenvalue weighted by Gasteiger charge is -2.18. The van der Waals surface area contributed by atoms with E-state index in [2.05, 4.69) is 5.32 Å². The van der Waals surface area contributed by atoms with Crippen molar-refractivity contribution < 1.29 is 9.15 Å². The second-order valence-corrected chi connectivity index (χ2v) is 4.10. The van der Waals surface area contributed by atoms with Gasteiger partial charge in [0.05, 0.1) is 25.7 Å². The van der Waals surface area contributed by atoms with Crippen LogP contribution >= 0.6 is 11.6 Å². The molecule has 0 aliphatic carbocycles. The summed E-state index contributed by atoms with van der Waals surface area (Å²) in [7, 11) is 3.53. The Morgan fingerprint density at radius 1 is 1.35 bits per heavy atom. The topological polar surface area (TPSA) is 34.4 Å². The Kier molecular flexibility index (Phi) is 3.71. The summed E-state index contributed by atoms with van der Waals surface area (Å²) < 4.78 is 10.5. The average molecular weight is 252 g/mol. The van der Waals surface area contributed by atoms with Gasteiger partial charge in [-0.3, -0.25) is 0 Å². The number of ether oxygens (including phenoxy) is 1. The third kappa shape index (κ3) is 2.46. The molecule has 1 aromatic heterocycles. The molecule has 0 aliphatic heterocycles. The van der Waals surface area contributed by atoms with Gasteiger partial charge in [0.25, 0.3) is 0 Å². The predicted octanol–water partition coefficient (Wildman–Crippen LogP) is 3.25. The largest absolute Gasteiger partial charge is 0.496 e. The number of rotatable bonds is 4. The second kappa shape index (κ2) is 5.25. The Hall–Kier alpha value is -1.45. The zero-order valence-electron chi connectivity index (χ0n) is 9.74. The van der Waals surface area contributed by atoms with Crippen molar-refractivity contribution >= 4 is 11.6 Å². The Morgan fingerprint density at radius 3 is 2.76 bits per heavy atom. The van der Waals surface area contributed by atoms with Crippen LogP contribution in [0.4, 0.5) is 0 Å². The van der Waals surface area contributed by atoms with Crippen molar-refractivity contribution in [2.45, 2.75) is 6.04 Å². The van der Waals surface area contributed by atoms with Crippen molar-refractivity contribution in [3.05, 3.63) is 52.9 Å². The van der Waals surface area contributed by atoms with Gasteiger partial charge >= 0.3 is 0 Å². The predicted molar refractivity (Wildman–Crippen MR) is 67.6 cm³/mol. The lowest BCUT2D eigenvalue weighted by molar-refractivity contribution is 0.405. The fraction of sp³-hybridized carbons (Fsp3) is 0.231. The van der Waals surface area contributed by atoms with Crippen LogP contribution in [0.3, 0.4) is 0 Å². The number of hydrogen-bond donors (Lipinski definition) is 1. The molecule has 0 aliphatic rings. The Balaban J connectivity index is 2.44. The molecule has 0 saturated heterocycles. The SMILES string of the molecule is CNC(c1ccoc1)c1ccc(Cl)cc1OC. The molecule has 3 nitrogen and oxygen atoms in total. The van der Waals surface area contributed by atoms with Gasteiger partial charge in [0.15, 0.2) is 0 Å². The maximum absolute atomic E-state index is 5.95. The lowest BCUT2D eigenvalue weighted by Crippen LogP contribution is -2.17. The summed E-state index contributed by atoms with van der Waals surface area (Å²) in [5, 5.41) is 3.89. The Labute approximate surface area is 105 Å². The highest BCUT2D eigenvalue weighted by Crippen LogP contribution is 2.32. The normalized spacial score (nSPS) is 12.4. The van der Waals surface area contributed by atoms with E-state index in [0.717, 1.165) is 16.9 Å². The molecule has 0 fully saturated rings. The van der Waals surface area contributed by atoms with E-state index >= 15 is 0 Å². The van der Waals surface area contributed by atoms with Crippen molar-refractivity contribution in [2.75, 3.05) is 14.2 Å². The van der Waals surface area contributed by atoms with E-state index in [9.17, 15) is 0 Å². The van der Waals surface area contributed by atoms with Crippen molar-refractivity contribution in [3.8, 4) is 5.75 Å². The van der Waals surface area contributed by atoms with E-state index in [1.165, 1.54) is 0 Å². The zero-order valence-corrected chi connectivity index (χ0v) is 10.5. The maximum Gasteiger partial charge on any atom is 0.125 e. The quantitative estimate of drug-likeness (QED) is 0.906. The van der Waals surface area contributed by atoms with Crippen LogP contribution in [0.2, 0.25) is 5.02 Å². The van der Waals surface area contributed by atoms with Crippen LogP contribution in [-0.4, -0.2) is 14.2 Å². The number of nitrogens with one attached hydrogen (secondary N) is 1. The molecule has 1 unspecified atom stereocenters. The third-order valence-electron chi connectivity index (χ3n) is 2.67. The van der Waals surface area contributed by atoms with Crippen LogP contribution in [0.5, 0.6) is 5.75 Å². The molecule has 0 spiro atoms. The first-order valence-corrected chi connectivity index (χ1v) is 5.67. The summed E-state index contributed by atoms with van der Waals surface area (Å²) in [6.07, 6.45) is 3.37. The number of hydrogen-bond acceptors (Lipinski definition) is 3. The molecule has 2 aromatic rings. The first-order chi connectivity index (χ1) is 8.26. The van der Waals surface area contributed by atoms with Crippen LogP contribution in [-0.2, 0) is 0 Å². The molecule has 0 amide bonds. The van der Waals surface area contributed by atoms with E-state index in [-0.39, 0.29) is 6.04 Å². The van der Waals surface area contributed by atoms with Gasteiger partial charge in [0.1, 0.15) is 5.75 Å². The molecule has 2 rings (SSSR count).